The third kappa shape index (κ3) is 5.92. The van der Waals surface area contributed by atoms with Gasteiger partial charge in [-0.1, -0.05) is 0 Å². The number of pyridine rings is 1. The van der Waals surface area contributed by atoms with Gasteiger partial charge in [-0.05, 0) is 49.8 Å². The summed E-state index contributed by atoms with van der Waals surface area (Å²) in [5, 5.41) is 5.93. The third-order valence-corrected chi connectivity index (χ3v) is 4.51. The summed E-state index contributed by atoms with van der Waals surface area (Å²) in [5.74, 6) is 0.258. The zero-order valence-corrected chi connectivity index (χ0v) is 14.3. The van der Waals surface area contributed by atoms with Crippen LogP contribution in [0.1, 0.15) is 37.7 Å². The lowest BCUT2D eigenvalue weighted by molar-refractivity contribution is -0.130. The molecule has 2 rings (SSSR count). The SMILES string of the molecule is COCCCNC(=O)C1CCC(C(=O)NCc2ccncc2)CC1. The van der Waals surface area contributed by atoms with Crippen molar-refractivity contribution in [3.05, 3.63) is 30.1 Å². The molecule has 0 aliphatic heterocycles. The van der Waals surface area contributed by atoms with Crippen molar-refractivity contribution >= 4 is 11.8 Å². The van der Waals surface area contributed by atoms with Gasteiger partial charge in [0, 0.05) is 51.0 Å². The number of methoxy groups -OCH3 is 1. The van der Waals surface area contributed by atoms with Gasteiger partial charge in [0.15, 0.2) is 0 Å². The van der Waals surface area contributed by atoms with Crippen molar-refractivity contribution < 1.29 is 14.3 Å². The summed E-state index contributed by atoms with van der Waals surface area (Å²) < 4.78 is 4.97. The van der Waals surface area contributed by atoms with E-state index < -0.39 is 0 Å². The highest BCUT2D eigenvalue weighted by Crippen LogP contribution is 2.29. The number of nitrogens with one attached hydrogen (secondary N) is 2. The van der Waals surface area contributed by atoms with Gasteiger partial charge in [0.2, 0.25) is 11.8 Å². The molecule has 24 heavy (non-hydrogen) atoms. The Kier molecular flexibility index (Phi) is 7.68. The number of amides is 2. The number of hydrogen-bond donors (Lipinski definition) is 2. The first-order valence-electron chi connectivity index (χ1n) is 8.64. The number of rotatable bonds is 8. The molecular formula is C18H27N3O3. The van der Waals surface area contributed by atoms with Gasteiger partial charge in [-0.15, -0.1) is 0 Å². The second-order valence-corrected chi connectivity index (χ2v) is 6.26. The average Bonchev–Trinajstić information content (AvgIpc) is 2.64. The van der Waals surface area contributed by atoms with Crippen molar-refractivity contribution in [1.82, 2.24) is 15.6 Å². The van der Waals surface area contributed by atoms with Crippen molar-refractivity contribution in [2.24, 2.45) is 11.8 Å². The molecule has 0 aromatic carbocycles. The molecule has 1 saturated carbocycles. The Hall–Kier alpha value is -1.95. The number of aromatic nitrogens is 1. The van der Waals surface area contributed by atoms with E-state index in [2.05, 4.69) is 15.6 Å². The van der Waals surface area contributed by atoms with Gasteiger partial charge >= 0.3 is 0 Å². The first-order valence-corrected chi connectivity index (χ1v) is 8.64. The van der Waals surface area contributed by atoms with Crippen LogP contribution in [0.25, 0.3) is 0 Å². The summed E-state index contributed by atoms with van der Waals surface area (Å²) in [6.07, 6.45) is 7.38. The molecule has 1 aliphatic rings. The molecule has 0 saturated heterocycles. The number of nitrogens with zero attached hydrogens (tertiary/aromatic N) is 1. The second kappa shape index (κ2) is 10.0. The standard InChI is InChI=1S/C18H27N3O3/c1-24-12-2-9-20-17(22)15-3-5-16(6-4-15)18(23)21-13-14-7-10-19-11-8-14/h7-8,10-11,15-16H,2-6,9,12-13H2,1H3,(H,20,22)(H,21,23). The molecule has 0 atom stereocenters. The molecule has 0 spiro atoms. The molecule has 1 heterocycles. The summed E-state index contributed by atoms with van der Waals surface area (Å²) in [6.45, 7) is 1.84. The van der Waals surface area contributed by atoms with Crippen molar-refractivity contribution in [1.29, 1.82) is 0 Å². The Labute approximate surface area is 143 Å². The minimum atomic E-state index is 0.0179. The van der Waals surface area contributed by atoms with Crippen LogP contribution in [-0.2, 0) is 20.9 Å². The van der Waals surface area contributed by atoms with Gasteiger partial charge in [0.25, 0.3) is 0 Å². The maximum atomic E-state index is 12.3. The third-order valence-electron chi connectivity index (χ3n) is 4.51. The zero-order chi connectivity index (χ0) is 17.2. The van der Waals surface area contributed by atoms with Gasteiger partial charge in [0.05, 0.1) is 0 Å². The molecule has 1 fully saturated rings. The number of carbonyl (C=O) groups is 2. The monoisotopic (exact) mass is 333 g/mol. The van der Waals surface area contributed by atoms with E-state index in [0.717, 1.165) is 37.7 Å². The summed E-state index contributed by atoms with van der Waals surface area (Å²) >= 11 is 0. The number of carbonyl (C=O) groups excluding carboxylic acids is 2. The van der Waals surface area contributed by atoms with Crippen LogP contribution in [-0.4, -0.2) is 37.1 Å². The average molecular weight is 333 g/mol. The predicted octanol–water partition coefficient (Wildman–Crippen LogP) is 1.66. The topological polar surface area (TPSA) is 80.3 Å². The van der Waals surface area contributed by atoms with E-state index in [4.69, 9.17) is 4.74 Å². The molecular weight excluding hydrogens is 306 g/mol. The Balaban J connectivity index is 1.66. The molecule has 1 aromatic rings. The molecule has 1 aromatic heterocycles. The summed E-state index contributed by atoms with van der Waals surface area (Å²) in [7, 11) is 1.66. The van der Waals surface area contributed by atoms with Crippen LogP contribution in [0.3, 0.4) is 0 Å². The van der Waals surface area contributed by atoms with Crippen LogP contribution in [0, 0.1) is 11.8 Å². The normalized spacial score (nSPS) is 20.4. The molecule has 0 radical (unpaired) electrons. The predicted molar refractivity (Wildman–Crippen MR) is 91.0 cm³/mol. The smallest absolute Gasteiger partial charge is 0.223 e. The van der Waals surface area contributed by atoms with E-state index in [9.17, 15) is 9.59 Å². The van der Waals surface area contributed by atoms with Crippen LogP contribution in [0.2, 0.25) is 0 Å². The van der Waals surface area contributed by atoms with E-state index in [-0.39, 0.29) is 23.7 Å². The fourth-order valence-corrected chi connectivity index (χ4v) is 3.02. The molecule has 2 amide bonds. The van der Waals surface area contributed by atoms with E-state index in [1.807, 2.05) is 12.1 Å². The van der Waals surface area contributed by atoms with Gasteiger partial charge in [-0.3, -0.25) is 14.6 Å². The zero-order valence-electron chi connectivity index (χ0n) is 14.3. The molecule has 1 aliphatic carbocycles. The van der Waals surface area contributed by atoms with Gasteiger partial charge < -0.3 is 15.4 Å². The van der Waals surface area contributed by atoms with Gasteiger partial charge in [0.1, 0.15) is 0 Å². The highest BCUT2D eigenvalue weighted by Gasteiger charge is 2.29. The number of ether oxygens (including phenoxy) is 1. The molecule has 0 bridgehead atoms. The molecule has 2 N–H and O–H groups in total. The Morgan fingerprint density at radius 2 is 1.67 bits per heavy atom. The molecule has 132 valence electrons. The summed E-state index contributed by atoms with van der Waals surface area (Å²) in [4.78, 5) is 28.3. The van der Waals surface area contributed by atoms with Gasteiger partial charge in [-0.25, -0.2) is 0 Å². The van der Waals surface area contributed by atoms with E-state index >= 15 is 0 Å². The largest absolute Gasteiger partial charge is 0.385 e. The van der Waals surface area contributed by atoms with E-state index in [1.54, 1.807) is 19.5 Å². The first kappa shape index (κ1) is 18.4. The highest BCUT2D eigenvalue weighted by molar-refractivity contribution is 5.81. The fourth-order valence-electron chi connectivity index (χ4n) is 3.02. The molecule has 6 nitrogen and oxygen atoms in total. The quantitative estimate of drug-likeness (QED) is 0.709. The minimum absolute atomic E-state index is 0.0179. The molecule has 6 heteroatoms. The summed E-state index contributed by atoms with van der Waals surface area (Å²) in [6, 6.07) is 3.79. The van der Waals surface area contributed by atoms with Crippen LogP contribution in [0.4, 0.5) is 0 Å². The van der Waals surface area contributed by atoms with Crippen molar-refractivity contribution in [2.75, 3.05) is 20.3 Å². The van der Waals surface area contributed by atoms with E-state index in [1.165, 1.54) is 0 Å². The highest BCUT2D eigenvalue weighted by atomic mass is 16.5. The molecule has 0 unspecified atom stereocenters. The van der Waals surface area contributed by atoms with Gasteiger partial charge in [-0.2, -0.15) is 0 Å². The lowest BCUT2D eigenvalue weighted by atomic mass is 9.81. The van der Waals surface area contributed by atoms with Crippen LogP contribution < -0.4 is 10.6 Å². The fraction of sp³-hybridized carbons (Fsp3) is 0.611. The second-order valence-electron chi connectivity index (χ2n) is 6.26. The van der Waals surface area contributed by atoms with E-state index in [0.29, 0.717) is 19.7 Å². The lowest BCUT2D eigenvalue weighted by Crippen LogP contribution is -2.37. The minimum Gasteiger partial charge on any atom is -0.385 e. The first-order chi connectivity index (χ1) is 11.7. The Morgan fingerprint density at radius 1 is 1.08 bits per heavy atom. The Morgan fingerprint density at radius 3 is 2.25 bits per heavy atom. The Bertz CT molecular complexity index is 514. The summed E-state index contributed by atoms with van der Waals surface area (Å²) in [5.41, 5.74) is 1.04. The van der Waals surface area contributed by atoms with Crippen molar-refractivity contribution in [3.63, 3.8) is 0 Å². The maximum Gasteiger partial charge on any atom is 0.223 e. The number of hydrogen-bond acceptors (Lipinski definition) is 4. The maximum absolute atomic E-state index is 12.3. The van der Waals surface area contributed by atoms with Crippen LogP contribution in [0.15, 0.2) is 24.5 Å². The van der Waals surface area contributed by atoms with Crippen molar-refractivity contribution in [2.45, 2.75) is 38.6 Å². The van der Waals surface area contributed by atoms with Crippen molar-refractivity contribution in [3.8, 4) is 0 Å². The lowest BCUT2D eigenvalue weighted by Gasteiger charge is -2.27. The van der Waals surface area contributed by atoms with Crippen LogP contribution >= 0.6 is 0 Å². The van der Waals surface area contributed by atoms with Crippen LogP contribution in [0.5, 0.6) is 0 Å².